The van der Waals surface area contributed by atoms with Crippen LogP contribution in [-0.4, -0.2) is 129 Å². The molecule has 3 aliphatic heterocycles. The number of thiazole rings is 1. The third-order valence-electron chi connectivity index (χ3n) is 13.9. The maximum atomic E-state index is 14.1. The summed E-state index contributed by atoms with van der Waals surface area (Å²) in [6.45, 7) is 11.9. The van der Waals surface area contributed by atoms with Crippen molar-refractivity contribution in [1.82, 2.24) is 35.6 Å². The van der Waals surface area contributed by atoms with E-state index < -0.39 is 35.3 Å². The summed E-state index contributed by atoms with van der Waals surface area (Å²) in [5.74, 6) is -1.14. The Morgan fingerprint density at radius 1 is 0.890 bits per heavy atom. The number of aromatic hydroxyl groups is 1. The highest BCUT2D eigenvalue weighted by molar-refractivity contribution is 7.13. The lowest BCUT2D eigenvalue weighted by atomic mass is 9.85. The Bertz CT molecular complexity index is 2730. The molecular formula is C54H67FN10O7S. The first kappa shape index (κ1) is 52.5. The highest BCUT2D eigenvalue weighted by Crippen LogP contribution is 2.34. The number of ether oxygens (including phenoxy) is 1. The van der Waals surface area contributed by atoms with Crippen LogP contribution in [0.3, 0.4) is 0 Å². The van der Waals surface area contributed by atoms with Gasteiger partial charge in [0.15, 0.2) is 11.6 Å². The summed E-state index contributed by atoms with van der Waals surface area (Å²) in [6, 6.07) is 19.7. The number of unbranched alkanes of at least 4 members (excludes halogenated alkanes) is 2. The third-order valence-corrected chi connectivity index (χ3v) is 14.9. The lowest BCUT2D eigenvalue weighted by Crippen LogP contribution is -2.57. The van der Waals surface area contributed by atoms with Crippen LogP contribution in [0.1, 0.15) is 83.4 Å². The highest BCUT2D eigenvalue weighted by atomic mass is 32.1. The van der Waals surface area contributed by atoms with Crippen molar-refractivity contribution in [3.05, 3.63) is 95.4 Å². The van der Waals surface area contributed by atoms with Crippen LogP contribution in [0.5, 0.6) is 11.5 Å². The average molecular weight is 1020 g/mol. The predicted molar refractivity (Wildman–Crippen MR) is 279 cm³/mol. The van der Waals surface area contributed by atoms with Gasteiger partial charge in [0.2, 0.25) is 23.6 Å². The predicted octanol–water partition coefficient (Wildman–Crippen LogP) is 6.46. The van der Waals surface area contributed by atoms with E-state index in [1.807, 2.05) is 62.4 Å². The second-order valence-electron chi connectivity index (χ2n) is 20.4. The van der Waals surface area contributed by atoms with Crippen LogP contribution in [0, 0.1) is 18.2 Å². The number of anilines is 3. The molecule has 0 aliphatic carbocycles. The van der Waals surface area contributed by atoms with Crippen LogP contribution in [0.15, 0.2) is 78.3 Å². The fraction of sp³-hybridized carbons (Fsp3) is 0.463. The SMILES string of the molecule is Cc1ncsc1-c1ccc(CNC(=O)C2CC(O)CN2C(=O)C(NC(=O)CCCCCC(=O)N2CCN(c3ccc(N4CCCC(Oc5cc(-c6cc(F)ccc6O)nnc5N)C4)cc3)CC2)C(C)(C)C)cc1. The summed E-state index contributed by atoms with van der Waals surface area (Å²) in [6.07, 6.45) is 3.22. The second kappa shape index (κ2) is 23.3. The normalized spacial score (nSPS) is 18.6. The first-order valence-electron chi connectivity index (χ1n) is 25.2. The molecule has 17 nitrogen and oxygen atoms in total. The molecule has 6 N–H and O–H groups in total. The van der Waals surface area contributed by atoms with Crippen molar-refractivity contribution in [3.63, 3.8) is 0 Å². The minimum Gasteiger partial charge on any atom is -0.507 e. The quantitative estimate of drug-likeness (QED) is 0.0633. The van der Waals surface area contributed by atoms with E-state index in [1.54, 1.807) is 17.4 Å². The zero-order valence-corrected chi connectivity index (χ0v) is 42.9. The van der Waals surface area contributed by atoms with Crippen molar-refractivity contribution in [1.29, 1.82) is 0 Å². The number of carbonyl (C=O) groups excluding carboxylic acids is 4. The number of nitrogen functional groups attached to an aromatic ring is 1. The third kappa shape index (κ3) is 13.2. The number of aromatic nitrogens is 3. The number of nitrogens with one attached hydrogen (secondary N) is 2. The molecule has 3 saturated heterocycles. The molecular weight excluding hydrogens is 952 g/mol. The number of aliphatic hydroxyl groups is 1. The Morgan fingerprint density at radius 2 is 1.60 bits per heavy atom. The number of phenolic OH excluding ortho intramolecular Hbond substituents is 1. The number of β-amino-alcohol motifs (C(OH)–C–C–N with tert-alkyl or cyclic N) is 1. The number of benzene rings is 3. The molecule has 5 heterocycles. The Morgan fingerprint density at radius 3 is 2.30 bits per heavy atom. The maximum absolute atomic E-state index is 14.1. The number of phenols is 1. The summed E-state index contributed by atoms with van der Waals surface area (Å²) in [7, 11) is 0. The van der Waals surface area contributed by atoms with Gasteiger partial charge in [-0.1, -0.05) is 51.5 Å². The lowest BCUT2D eigenvalue weighted by Gasteiger charge is -2.37. The van der Waals surface area contributed by atoms with Crippen molar-refractivity contribution < 1.29 is 38.5 Å². The van der Waals surface area contributed by atoms with Gasteiger partial charge >= 0.3 is 0 Å². The maximum Gasteiger partial charge on any atom is 0.246 e. The zero-order chi connectivity index (χ0) is 51.8. The molecule has 0 radical (unpaired) electrons. The number of nitrogens with zero attached hydrogens (tertiary/aromatic N) is 7. The van der Waals surface area contributed by atoms with Gasteiger partial charge in [-0.05, 0) is 91.6 Å². The Hall–Kier alpha value is -6.86. The number of hydrogen-bond acceptors (Lipinski definition) is 14. The number of amides is 4. The van der Waals surface area contributed by atoms with E-state index in [-0.39, 0.29) is 72.6 Å². The molecule has 0 bridgehead atoms. The van der Waals surface area contributed by atoms with Crippen LogP contribution in [-0.2, 0) is 25.7 Å². The smallest absolute Gasteiger partial charge is 0.246 e. The molecule has 2 aromatic heterocycles. The van der Waals surface area contributed by atoms with E-state index in [2.05, 4.69) is 59.9 Å². The van der Waals surface area contributed by atoms with Gasteiger partial charge in [-0.2, -0.15) is 0 Å². The molecule has 3 aliphatic rings. The van der Waals surface area contributed by atoms with Crippen molar-refractivity contribution in [2.24, 2.45) is 5.41 Å². The topological polar surface area (TPSA) is 220 Å². The average Bonchev–Trinajstić information content (AvgIpc) is 4.01. The van der Waals surface area contributed by atoms with Gasteiger partial charge in [-0.15, -0.1) is 21.5 Å². The first-order chi connectivity index (χ1) is 35.0. The fourth-order valence-corrected chi connectivity index (χ4v) is 10.6. The molecule has 4 unspecified atom stereocenters. The molecule has 8 rings (SSSR count). The van der Waals surface area contributed by atoms with Crippen LogP contribution in [0.4, 0.5) is 21.6 Å². The van der Waals surface area contributed by atoms with Gasteiger partial charge in [-0.3, -0.25) is 19.2 Å². The minimum atomic E-state index is -0.911. The van der Waals surface area contributed by atoms with Crippen LogP contribution in [0.25, 0.3) is 21.7 Å². The van der Waals surface area contributed by atoms with E-state index in [0.717, 1.165) is 52.5 Å². The Labute approximate surface area is 429 Å². The number of aliphatic hydroxyl groups excluding tert-OH is 1. The summed E-state index contributed by atoms with van der Waals surface area (Å²) in [4.78, 5) is 67.4. The summed E-state index contributed by atoms with van der Waals surface area (Å²) in [5.41, 5.74) is 12.8. The molecule has 73 heavy (non-hydrogen) atoms. The molecule has 5 aromatic rings. The number of piperazine rings is 1. The van der Waals surface area contributed by atoms with Gasteiger partial charge in [0, 0.05) is 88.1 Å². The van der Waals surface area contributed by atoms with Gasteiger partial charge in [0.25, 0.3) is 0 Å². The van der Waals surface area contributed by atoms with Crippen LogP contribution < -0.4 is 30.9 Å². The molecule has 3 aromatic carbocycles. The number of likely N-dealkylation sites (tertiary alicyclic amines) is 1. The van der Waals surface area contributed by atoms with Gasteiger partial charge in [0.1, 0.15) is 35.4 Å². The molecule has 388 valence electrons. The number of halogens is 1. The molecule has 19 heteroatoms. The number of carbonyl (C=O) groups is 4. The van der Waals surface area contributed by atoms with Gasteiger partial charge < -0.3 is 50.9 Å². The van der Waals surface area contributed by atoms with Crippen molar-refractivity contribution >= 4 is 52.2 Å². The molecule has 4 atom stereocenters. The number of piperidine rings is 1. The summed E-state index contributed by atoms with van der Waals surface area (Å²) >= 11 is 1.57. The van der Waals surface area contributed by atoms with Crippen LogP contribution >= 0.6 is 11.3 Å². The Balaban J connectivity index is 0.738. The van der Waals surface area contributed by atoms with Crippen LogP contribution in [0.2, 0.25) is 0 Å². The van der Waals surface area contributed by atoms with Crippen molar-refractivity contribution in [3.8, 4) is 33.2 Å². The largest absolute Gasteiger partial charge is 0.507 e. The first-order valence-corrected chi connectivity index (χ1v) is 26.1. The van der Waals surface area contributed by atoms with Crippen molar-refractivity contribution in [2.75, 3.05) is 61.3 Å². The standard InChI is InChI=1S/C54H67FN10O7S/c1-34-49(73-33-58-34)36-14-12-35(13-15-36)30-57-52(70)44-28-40(66)31-65(44)53(71)50(54(2,3)4)59-47(68)10-6-5-7-11-48(69)63-25-23-62(24-26-63)38-17-19-39(20-18-38)64-22-8-9-41(32-64)72-46-29-43(60-61-51(46)56)42-27-37(55)16-21-45(42)67/h12-21,27,29,33,40-41,44,50,66-67H,5-11,22-26,28,30-32H2,1-4H3,(H2,56,61)(H,57,70)(H,59,68). The van der Waals surface area contributed by atoms with E-state index in [4.69, 9.17) is 10.5 Å². The monoisotopic (exact) mass is 1020 g/mol. The zero-order valence-electron chi connectivity index (χ0n) is 42.1. The molecule has 4 amide bonds. The van der Waals surface area contributed by atoms with Crippen molar-refractivity contribution in [2.45, 2.75) is 110 Å². The van der Waals surface area contributed by atoms with E-state index >= 15 is 0 Å². The van der Waals surface area contributed by atoms with E-state index in [1.165, 1.54) is 23.1 Å². The number of rotatable bonds is 17. The van der Waals surface area contributed by atoms with E-state index in [0.29, 0.717) is 64.2 Å². The second-order valence-corrected chi connectivity index (χ2v) is 21.2. The number of hydrogen-bond donors (Lipinski definition) is 5. The molecule has 3 fully saturated rings. The Kier molecular flexibility index (Phi) is 16.8. The van der Waals surface area contributed by atoms with Gasteiger partial charge in [0.05, 0.1) is 28.7 Å². The fourth-order valence-electron chi connectivity index (χ4n) is 9.77. The lowest BCUT2D eigenvalue weighted by molar-refractivity contribution is -0.144. The number of aryl methyl sites for hydroxylation is 1. The van der Waals surface area contributed by atoms with Gasteiger partial charge in [-0.25, -0.2) is 9.37 Å². The number of nitrogens with two attached hydrogens (primary N) is 1. The van der Waals surface area contributed by atoms with E-state index in [9.17, 15) is 33.8 Å². The molecule has 0 spiro atoms. The summed E-state index contributed by atoms with van der Waals surface area (Å²) in [5, 5.41) is 34.8. The summed E-state index contributed by atoms with van der Waals surface area (Å²) < 4.78 is 20.3. The highest BCUT2D eigenvalue weighted by Gasteiger charge is 2.44. The molecule has 0 saturated carbocycles. The minimum absolute atomic E-state index is 0.000972.